The Hall–Kier alpha value is -1.31. The van der Waals surface area contributed by atoms with Crippen molar-refractivity contribution < 1.29 is 5.11 Å². The molecular formula is C13H15BrN4OS. The highest BCUT2D eigenvalue weighted by Gasteiger charge is 2.05. The van der Waals surface area contributed by atoms with E-state index in [1.54, 1.807) is 18.0 Å². The van der Waals surface area contributed by atoms with Crippen LogP contribution in [0.5, 0.6) is 0 Å². The third-order valence-electron chi connectivity index (χ3n) is 2.49. The first kappa shape index (κ1) is 15.1. The van der Waals surface area contributed by atoms with Crippen molar-refractivity contribution in [1.29, 1.82) is 0 Å². The van der Waals surface area contributed by atoms with Gasteiger partial charge in [0.15, 0.2) is 0 Å². The molecule has 0 spiro atoms. The van der Waals surface area contributed by atoms with E-state index in [-0.39, 0.29) is 6.61 Å². The van der Waals surface area contributed by atoms with Crippen LogP contribution in [0.15, 0.2) is 39.8 Å². The Morgan fingerprint density at radius 1 is 1.30 bits per heavy atom. The van der Waals surface area contributed by atoms with E-state index in [0.717, 1.165) is 10.2 Å². The monoisotopic (exact) mass is 354 g/mol. The van der Waals surface area contributed by atoms with Crippen LogP contribution in [0.2, 0.25) is 0 Å². The molecule has 20 heavy (non-hydrogen) atoms. The van der Waals surface area contributed by atoms with Gasteiger partial charge in [-0.25, -0.2) is 4.98 Å². The molecule has 0 unspecified atom stereocenters. The molecule has 0 fully saturated rings. The van der Waals surface area contributed by atoms with Gasteiger partial charge in [0.05, 0.1) is 11.1 Å². The van der Waals surface area contributed by atoms with Crippen molar-refractivity contribution in [2.75, 3.05) is 30.0 Å². The zero-order valence-electron chi connectivity index (χ0n) is 10.9. The van der Waals surface area contributed by atoms with Crippen molar-refractivity contribution >= 4 is 45.1 Å². The summed E-state index contributed by atoms with van der Waals surface area (Å²) in [4.78, 5) is 9.77. The maximum Gasteiger partial charge on any atom is 0.229 e. The highest BCUT2D eigenvalue weighted by atomic mass is 79.9. The van der Waals surface area contributed by atoms with E-state index < -0.39 is 0 Å². The highest BCUT2D eigenvalue weighted by Crippen LogP contribution is 2.23. The normalized spacial score (nSPS) is 10.3. The maximum absolute atomic E-state index is 8.83. The van der Waals surface area contributed by atoms with E-state index >= 15 is 0 Å². The Kier molecular flexibility index (Phi) is 5.63. The number of benzene rings is 1. The molecule has 0 aliphatic rings. The van der Waals surface area contributed by atoms with E-state index in [1.165, 1.54) is 4.90 Å². The van der Waals surface area contributed by atoms with Crippen molar-refractivity contribution in [2.45, 2.75) is 4.90 Å². The number of hydrogen-bond acceptors (Lipinski definition) is 6. The molecule has 7 heteroatoms. The highest BCUT2D eigenvalue weighted by molar-refractivity contribution is 9.10. The standard InChI is InChI=1S/C13H15BrN4OS/c1-20-10-4-2-9(3-5-10)17-13-16-8-11(14)12(18-13)15-6-7-19/h2-5,8,19H,6-7H2,1H3,(H2,15,16,17,18). The Labute approximate surface area is 130 Å². The third kappa shape index (κ3) is 4.09. The Bertz CT molecular complexity index is 565. The predicted molar refractivity (Wildman–Crippen MR) is 86.8 cm³/mol. The van der Waals surface area contributed by atoms with E-state index in [4.69, 9.17) is 5.11 Å². The minimum absolute atomic E-state index is 0.0509. The molecule has 0 bridgehead atoms. The van der Waals surface area contributed by atoms with Crippen LogP contribution in [0, 0.1) is 0 Å². The molecule has 0 radical (unpaired) electrons. The van der Waals surface area contributed by atoms with Crippen LogP contribution in [-0.2, 0) is 0 Å². The van der Waals surface area contributed by atoms with E-state index in [9.17, 15) is 0 Å². The first-order valence-corrected chi connectivity index (χ1v) is 8.03. The van der Waals surface area contributed by atoms with Gasteiger partial charge >= 0.3 is 0 Å². The van der Waals surface area contributed by atoms with Crippen molar-refractivity contribution in [3.63, 3.8) is 0 Å². The van der Waals surface area contributed by atoms with E-state index in [2.05, 4.69) is 36.5 Å². The van der Waals surface area contributed by atoms with Gasteiger partial charge in [-0.05, 0) is 46.5 Å². The molecule has 106 valence electrons. The van der Waals surface area contributed by atoms with Crippen LogP contribution in [-0.4, -0.2) is 34.5 Å². The summed E-state index contributed by atoms with van der Waals surface area (Å²) in [5.74, 6) is 1.16. The summed E-state index contributed by atoms with van der Waals surface area (Å²) >= 11 is 5.06. The van der Waals surface area contributed by atoms with Gasteiger partial charge in [0.2, 0.25) is 5.95 Å². The van der Waals surface area contributed by atoms with Crippen molar-refractivity contribution in [1.82, 2.24) is 9.97 Å². The van der Waals surface area contributed by atoms with Gasteiger partial charge in [0.1, 0.15) is 5.82 Å². The number of aliphatic hydroxyl groups excluding tert-OH is 1. The average Bonchev–Trinajstić information content (AvgIpc) is 2.48. The second-order valence-corrected chi connectivity index (χ2v) is 5.63. The van der Waals surface area contributed by atoms with Gasteiger partial charge in [-0.2, -0.15) is 4.98 Å². The Morgan fingerprint density at radius 3 is 2.70 bits per heavy atom. The van der Waals surface area contributed by atoms with Crippen LogP contribution in [0.4, 0.5) is 17.5 Å². The lowest BCUT2D eigenvalue weighted by Gasteiger charge is -2.09. The van der Waals surface area contributed by atoms with Crippen LogP contribution in [0.3, 0.4) is 0 Å². The topological polar surface area (TPSA) is 70.1 Å². The fourth-order valence-corrected chi connectivity index (χ4v) is 2.27. The maximum atomic E-state index is 8.83. The Balaban J connectivity index is 2.11. The molecule has 2 aromatic rings. The summed E-state index contributed by atoms with van der Waals surface area (Å²) in [5.41, 5.74) is 0.929. The second-order valence-electron chi connectivity index (χ2n) is 3.89. The molecule has 0 amide bonds. The lowest BCUT2D eigenvalue weighted by atomic mass is 10.3. The number of anilines is 3. The summed E-state index contributed by atoms with van der Waals surface area (Å²) < 4.78 is 0.759. The van der Waals surface area contributed by atoms with Crippen LogP contribution >= 0.6 is 27.7 Å². The van der Waals surface area contributed by atoms with Crippen molar-refractivity contribution in [3.8, 4) is 0 Å². The second kappa shape index (κ2) is 7.47. The zero-order chi connectivity index (χ0) is 14.4. The number of rotatable bonds is 6. The van der Waals surface area contributed by atoms with Gasteiger partial charge in [-0.1, -0.05) is 0 Å². The summed E-state index contributed by atoms with van der Waals surface area (Å²) in [6.45, 7) is 0.493. The zero-order valence-corrected chi connectivity index (χ0v) is 13.3. The lowest BCUT2D eigenvalue weighted by Crippen LogP contribution is -2.09. The molecular weight excluding hydrogens is 340 g/mol. The van der Waals surface area contributed by atoms with Crippen LogP contribution < -0.4 is 10.6 Å². The summed E-state index contributed by atoms with van der Waals surface area (Å²) in [7, 11) is 0. The fraction of sp³-hybridized carbons (Fsp3) is 0.231. The first-order valence-electron chi connectivity index (χ1n) is 6.01. The average molecular weight is 355 g/mol. The number of aliphatic hydroxyl groups is 1. The minimum atomic E-state index is 0.0509. The van der Waals surface area contributed by atoms with Gasteiger partial charge in [0.25, 0.3) is 0 Å². The van der Waals surface area contributed by atoms with Gasteiger partial charge in [-0.15, -0.1) is 11.8 Å². The molecule has 0 saturated heterocycles. The third-order valence-corrected chi connectivity index (χ3v) is 3.82. The largest absolute Gasteiger partial charge is 0.395 e. The Morgan fingerprint density at radius 2 is 2.05 bits per heavy atom. The molecule has 2 rings (SSSR count). The van der Waals surface area contributed by atoms with Gasteiger partial charge < -0.3 is 15.7 Å². The van der Waals surface area contributed by atoms with Crippen molar-refractivity contribution in [2.24, 2.45) is 0 Å². The fourth-order valence-electron chi connectivity index (χ4n) is 1.53. The molecule has 0 aliphatic carbocycles. The molecule has 0 saturated carbocycles. The molecule has 5 nitrogen and oxygen atoms in total. The smallest absolute Gasteiger partial charge is 0.229 e. The summed E-state index contributed by atoms with van der Waals surface area (Å²) in [6.07, 6.45) is 3.71. The summed E-state index contributed by atoms with van der Waals surface area (Å²) in [6, 6.07) is 8.05. The molecule has 1 aromatic carbocycles. The van der Waals surface area contributed by atoms with E-state index in [0.29, 0.717) is 18.3 Å². The van der Waals surface area contributed by atoms with E-state index in [1.807, 2.05) is 30.5 Å². The SMILES string of the molecule is CSc1ccc(Nc2ncc(Br)c(NCCO)n2)cc1. The number of halogens is 1. The summed E-state index contributed by atoms with van der Waals surface area (Å²) in [5, 5.41) is 15.0. The van der Waals surface area contributed by atoms with Gasteiger partial charge in [0, 0.05) is 23.3 Å². The van der Waals surface area contributed by atoms with Crippen LogP contribution in [0.1, 0.15) is 0 Å². The quantitative estimate of drug-likeness (QED) is 0.692. The number of hydrogen-bond donors (Lipinski definition) is 3. The predicted octanol–water partition coefficient (Wildman–Crippen LogP) is 3.11. The molecule has 3 N–H and O–H groups in total. The molecule has 0 atom stereocenters. The lowest BCUT2D eigenvalue weighted by molar-refractivity contribution is 0.311. The van der Waals surface area contributed by atoms with Crippen molar-refractivity contribution in [3.05, 3.63) is 34.9 Å². The number of nitrogens with zero attached hydrogens (tertiary/aromatic N) is 2. The minimum Gasteiger partial charge on any atom is -0.395 e. The molecule has 1 heterocycles. The van der Waals surface area contributed by atoms with Gasteiger partial charge in [-0.3, -0.25) is 0 Å². The first-order chi connectivity index (χ1) is 9.72. The van der Waals surface area contributed by atoms with Crippen LogP contribution in [0.25, 0.3) is 0 Å². The molecule has 0 aliphatic heterocycles. The number of thioether (sulfide) groups is 1. The molecule has 1 aromatic heterocycles. The number of nitrogens with one attached hydrogen (secondary N) is 2. The number of aromatic nitrogens is 2.